The van der Waals surface area contributed by atoms with Gasteiger partial charge in [0.2, 0.25) is 5.88 Å². The summed E-state index contributed by atoms with van der Waals surface area (Å²) in [5, 5.41) is 2.55. The maximum absolute atomic E-state index is 13.3. The van der Waals surface area contributed by atoms with Crippen LogP contribution in [0.3, 0.4) is 0 Å². The molecular weight excluding hydrogens is 474 g/mol. The van der Waals surface area contributed by atoms with Crippen molar-refractivity contribution in [2.24, 2.45) is 11.7 Å². The number of likely N-dealkylation sites (N-methyl/N-ethyl adjacent to an activating group) is 1. The molecule has 0 spiro atoms. The Morgan fingerprint density at radius 2 is 2.00 bits per heavy atom. The van der Waals surface area contributed by atoms with Crippen molar-refractivity contribution in [3.05, 3.63) is 47.7 Å². The highest BCUT2D eigenvalue weighted by atomic mass is 16.5. The summed E-state index contributed by atoms with van der Waals surface area (Å²) in [6.45, 7) is 4.24. The number of nitrogens with one attached hydrogen (secondary N) is 1. The van der Waals surface area contributed by atoms with Crippen molar-refractivity contribution >= 4 is 23.4 Å². The quantitative estimate of drug-likeness (QED) is 0.549. The van der Waals surface area contributed by atoms with Crippen LogP contribution in [0.1, 0.15) is 54.6 Å². The van der Waals surface area contributed by atoms with Gasteiger partial charge in [-0.1, -0.05) is 19.1 Å². The zero-order valence-electron chi connectivity index (χ0n) is 21.6. The van der Waals surface area contributed by atoms with E-state index < -0.39 is 17.7 Å². The monoisotopic (exact) mass is 509 g/mol. The highest BCUT2D eigenvalue weighted by Gasteiger charge is 2.34. The molecule has 2 aromatic rings. The number of nitrogens with two attached hydrogens (primary N) is 1. The molecule has 2 fully saturated rings. The number of benzene rings is 1. The number of ether oxygens (including phenoxy) is 2. The number of carbonyl (C=O) groups is 3. The number of amides is 3. The Morgan fingerprint density at radius 3 is 2.70 bits per heavy atom. The van der Waals surface area contributed by atoms with Crippen molar-refractivity contribution in [2.45, 2.75) is 44.7 Å². The molecule has 1 aromatic heterocycles. The first-order valence-electron chi connectivity index (χ1n) is 12.7. The standard InChI is InChI=1S/C27H35N5O5/c1-17-9-10-23(18-6-4-8-21(12-18)37-16-20-7-5-11-31(20)2)32(15-17)27(35)25(34)30-19-13-22(24(28)33)26(36-3)29-14-19/h4,6,8,12-14,17,20,23H,5,7,9-11,15-16H2,1-3H3,(H2,28,33)(H,30,34)/t17-,20?,23+/m0/s1. The molecule has 0 bridgehead atoms. The molecular formula is C27H35N5O5. The van der Waals surface area contributed by atoms with Crippen molar-refractivity contribution in [2.75, 3.05) is 39.2 Å². The molecule has 1 aromatic carbocycles. The van der Waals surface area contributed by atoms with E-state index in [2.05, 4.69) is 29.2 Å². The number of hydrogen-bond donors (Lipinski definition) is 2. The molecule has 2 aliphatic rings. The third kappa shape index (κ3) is 6.19. The molecule has 3 heterocycles. The fraction of sp³-hybridized carbons (Fsp3) is 0.481. The van der Waals surface area contributed by atoms with Crippen LogP contribution in [0.2, 0.25) is 0 Å². The molecule has 0 saturated carbocycles. The van der Waals surface area contributed by atoms with Gasteiger partial charge in [0.1, 0.15) is 17.9 Å². The van der Waals surface area contributed by atoms with Crippen molar-refractivity contribution in [1.82, 2.24) is 14.8 Å². The summed E-state index contributed by atoms with van der Waals surface area (Å²) in [6.07, 6.45) is 5.30. The Morgan fingerprint density at radius 1 is 1.19 bits per heavy atom. The molecule has 3 amide bonds. The van der Waals surface area contributed by atoms with Gasteiger partial charge in [-0.3, -0.25) is 14.4 Å². The second-order valence-electron chi connectivity index (χ2n) is 9.92. The summed E-state index contributed by atoms with van der Waals surface area (Å²) < 4.78 is 11.1. The van der Waals surface area contributed by atoms with Gasteiger partial charge in [0.15, 0.2) is 0 Å². The molecule has 0 radical (unpaired) electrons. The van der Waals surface area contributed by atoms with Crippen LogP contribution in [0, 0.1) is 5.92 Å². The van der Waals surface area contributed by atoms with Crippen LogP contribution in [0.15, 0.2) is 36.5 Å². The molecule has 10 heteroatoms. The van der Waals surface area contributed by atoms with Gasteiger partial charge in [-0.25, -0.2) is 4.98 Å². The molecule has 198 valence electrons. The van der Waals surface area contributed by atoms with Gasteiger partial charge in [-0.15, -0.1) is 0 Å². The van der Waals surface area contributed by atoms with Crippen molar-refractivity contribution in [1.29, 1.82) is 0 Å². The maximum atomic E-state index is 13.3. The summed E-state index contributed by atoms with van der Waals surface area (Å²) >= 11 is 0. The highest BCUT2D eigenvalue weighted by Crippen LogP contribution is 2.35. The number of primary amides is 1. The summed E-state index contributed by atoms with van der Waals surface area (Å²) in [7, 11) is 3.48. The first-order chi connectivity index (χ1) is 17.8. The van der Waals surface area contributed by atoms with Crippen LogP contribution in [-0.4, -0.2) is 72.4 Å². The minimum Gasteiger partial charge on any atom is -0.492 e. The predicted octanol–water partition coefficient (Wildman–Crippen LogP) is 2.60. The number of pyridine rings is 1. The summed E-state index contributed by atoms with van der Waals surface area (Å²) in [6, 6.07) is 9.30. The number of piperidine rings is 1. The minimum absolute atomic E-state index is 0.0119. The van der Waals surface area contributed by atoms with Gasteiger partial charge in [-0.2, -0.15) is 0 Å². The zero-order valence-corrected chi connectivity index (χ0v) is 21.6. The lowest BCUT2D eigenvalue weighted by molar-refractivity contribution is -0.146. The number of anilines is 1. The first-order valence-corrected chi connectivity index (χ1v) is 12.7. The topological polar surface area (TPSA) is 127 Å². The zero-order chi connectivity index (χ0) is 26.5. The molecule has 3 N–H and O–H groups in total. The summed E-state index contributed by atoms with van der Waals surface area (Å²) in [5.74, 6) is -1.14. The smallest absolute Gasteiger partial charge is 0.313 e. The number of nitrogens with zero attached hydrogens (tertiary/aromatic N) is 3. The number of carbonyl (C=O) groups excluding carboxylic acids is 3. The SMILES string of the molecule is COc1ncc(NC(=O)C(=O)N2C[C@@H](C)CC[C@@H]2c2cccc(OCC3CCCN3C)c2)cc1C(N)=O. The van der Waals surface area contributed by atoms with E-state index in [9.17, 15) is 14.4 Å². The fourth-order valence-electron chi connectivity index (χ4n) is 5.09. The van der Waals surface area contributed by atoms with E-state index in [-0.39, 0.29) is 29.1 Å². The van der Waals surface area contributed by atoms with Crippen LogP contribution in [0.4, 0.5) is 5.69 Å². The van der Waals surface area contributed by atoms with Gasteiger partial charge < -0.3 is 30.3 Å². The van der Waals surface area contributed by atoms with Crippen molar-refractivity contribution in [3.8, 4) is 11.6 Å². The second-order valence-corrected chi connectivity index (χ2v) is 9.92. The van der Waals surface area contributed by atoms with E-state index in [1.807, 2.05) is 24.3 Å². The van der Waals surface area contributed by atoms with E-state index in [0.717, 1.165) is 37.1 Å². The third-order valence-electron chi connectivity index (χ3n) is 7.20. The Balaban J connectivity index is 1.48. The van der Waals surface area contributed by atoms with Crippen molar-refractivity contribution in [3.63, 3.8) is 0 Å². The molecule has 0 aliphatic carbocycles. The normalized spacial score (nSPS) is 21.9. The fourth-order valence-corrected chi connectivity index (χ4v) is 5.09. The molecule has 1 unspecified atom stereocenters. The first kappa shape index (κ1) is 26.4. The van der Waals surface area contributed by atoms with Gasteiger partial charge >= 0.3 is 11.8 Å². The summed E-state index contributed by atoms with van der Waals surface area (Å²) in [5.41, 5.74) is 6.51. The number of hydrogen-bond acceptors (Lipinski definition) is 7. The van der Waals surface area contributed by atoms with Gasteiger partial charge in [0, 0.05) is 12.6 Å². The largest absolute Gasteiger partial charge is 0.492 e. The van der Waals surface area contributed by atoms with Gasteiger partial charge in [0.05, 0.1) is 25.0 Å². The number of aromatic nitrogens is 1. The lowest BCUT2D eigenvalue weighted by atomic mass is 9.89. The Kier molecular flexibility index (Phi) is 8.27. The van der Waals surface area contributed by atoms with Crippen LogP contribution in [-0.2, 0) is 9.59 Å². The van der Waals surface area contributed by atoms with E-state index in [1.165, 1.54) is 25.8 Å². The average molecular weight is 510 g/mol. The highest BCUT2D eigenvalue weighted by molar-refractivity contribution is 6.39. The molecule has 4 rings (SSSR count). The van der Waals surface area contributed by atoms with Crippen LogP contribution >= 0.6 is 0 Å². The molecule has 2 aliphatic heterocycles. The van der Waals surface area contributed by atoms with Gasteiger partial charge in [0.25, 0.3) is 5.91 Å². The maximum Gasteiger partial charge on any atom is 0.313 e. The molecule has 37 heavy (non-hydrogen) atoms. The lowest BCUT2D eigenvalue weighted by Crippen LogP contribution is -2.46. The minimum atomic E-state index is -0.807. The van der Waals surface area contributed by atoms with Crippen LogP contribution in [0.25, 0.3) is 0 Å². The van der Waals surface area contributed by atoms with Crippen LogP contribution in [0.5, 0.6) is 11.6 Å². The lowest BCUT2D eigenvalue weighted by Gasteiger charge is -2.38. The van der Waals surface area contributed by atoms with Gasteiger partial charge in [-0.05, 0) is 69.0 Å². The molecule has 2 saturated heterocycles. The van der Waals surface area contributed by atoms with E-state index in [1.54, 1.807) is 4.90 Å². The Hall–Kier alpha value is -3.66. The molecule has 10 nitrogen and oxygen atoms in total. The second kappa shape index (κ2) is 11.6. The summed E-state index contributed by atoms with van der Waals surface area (Å²) in [4.78, 5) is 45.9. The van der Waals surface area contributed by atoms with E-state index in [4.69, 9.17) is 15.2 Å². The number of methoxy groups -OCH3 is 1. The average Bonchev–Trinajstić information content (AvgIpc) is 3.31. The molecule has 3 atom stereocenters. The number of likely N-dealkylation sites (tertiary alicyclic amines) is 2. The Labute approximate surface area is 217 Å². The van der Waals surface area contributed by atoms with Crippen molar-refractivity contribution < 1.29 is 23.9 Å². The van der Waals surface area contributed by atoms with E-state index >= 15 is 0 Å². The predicted molar refractivity (Wildman–Crippen MR) is 138 cm³/mol. The van der Waals surface area contributed by atoms with Crippen LogP contribution < -0.4 is 20.5 Å². The number of rotatable bonds is 7. The Bertz CT molecular complexity index is 1160. The third-order valence-corrected chi connectivity index (χ3v) is 7.20. The van der Waals surface area contributed by atoms with E-state index in [0.29, 0.717) is 19.2 Å².